The number of benzene rings is 2. The molecule has 2 N–H and O–H groups in total. The van der Waals surface area contributed by atoms with Crippen LogP contribution in [0.1, 0.15) is 31.7 Å². The van der Waals surface area contributed by atoms with Crippen molar-refractivity contribution in [2.45, 2.75) is 31.7 Å². The molecule has 6 rings (SSSR count). The van der Waals surface area contributed by atoms with Crippen molar-refractivity contribution >= 4 is 22.8 Å². The van der Waals surface area contributed by atoms with Gasteiger partial charge in [0.1, 0.15) is 46.8 Å². The Balaban J connectivity index is 1.29. The summed E-state index contributed by atoms with van der Waals surface area (Å²) in [5.41, 5.74) is 8.51. The second kappa shape index (κ2) is 10.2. The molecule has 2 aromatic heterocycles. The average molecular weight is 524 g/mol. The number of aromatic nitrogens is 4. The van der Waals surface area contributed by atoms with E-state index in [0.29, 0.717) is 53.1 Å². The summed E-state index contributed by atoms with van der Waals surface area (Å²) in [5.74, 6) is 0.997. The Morgan fingerprint density at radius 3 is 2.69 bits per heavy atom. The number of anilines is 1. The van der Waals surface area contributed by atoms with Crippen LogP contribution in [0.4, 0.5) is 10.2 Å². The highest BCUT2D eigenvalue weighted by atomic mass is 19.1. The molecule has 1 aliphatic carbocycles. The maximum absolute atomic E-state index is 13.5. The quantitative estimate of drug-likeness (QED) is 0.278. The molecule has 2 fully saturated rings. The topological polar surface area (TPSA) is 123 Å². The minimum atomic E-state index is -0.373. The van der Waals surface area contributed by atoms with Crippen molar-refractivity contribution in [2.24, 2.45) is 5.92 Å². The van der Waals surface area contributed by atoms with Gasteiger partial charge in [0.05, 0.1) is 11.4 Å². The van der Waals surface area contributed by atoms with E-state index < -0.39 is 0 Å². The van der Waals surface area contributed by atoms with Gasteiger partial charge in [0.2, 0.25) is 0 Å². The maximum Gasteiger partial charge on any atom is 0.264 e. The molecule has 9 nitrogen and oxygen atoms in total. The van der Waals surface area contributed by atoms with Crippen LogP contribution in [0.3, 0.4) is 0 Å². The molecule has 1 amide bonds. The van der Waals surface area contributed by atoms with Gasteiger partial charge in [-0.1, -0.05) is 12.1 Å². The Kier molecular flexibility index (Phi) is 6.40. The highest BCUT2D eigenvalue weighted by Gasteiger charge is 2.31. The SMILES string of the molecule is N#C/C(=C/C1CC1)C(=O)N1CCC[C@@H](n2nc(-c3ccc(Oc4cccc(F)c4)cc3)c3c(N)ncnc32)C1. The predicted octanol–water partition coefficient (Wildman–Crippen LogP) is 5.03. The molecule has 196 valence electrons. The molecule has 1 aliphatic heterocycles. The summed E-state index contributed by atoms with van der Waals surface area (Å²) in [6.45, 7) is 1.01. The molecule has 2 aromatic carbocycles. The van der Waals surface area contributed by atoms with E-state index in [-0.39, 0.29) is 23.3 Å². The zero-order chi connectivity index (χ0) is 26.9. The van der Waals surface area contributed by atoms with Crippen LogP contribution >= 0.6 is 0 Å². The molecule has 3 heterocycles. The van der Waals surface area contributed by atoms with Gasteiger partial charge in [0, 0.05) is 24.7 Å². The van der Waals surface area contributed by atoms with Gasteiger partial charge in [0.25, 0.3) is 5.91 Å². The number of fused-ring (bicyclic) bond motifs is 1. The molecule has 39 heavy (non-hydrogen) atoms. The van der Waals surface area contributed by atoms with Gasteiger partial charge in [-0.05, 0) is 68.0 Å². The fourth-order valence-corrected chi connectivity index (χ4v) is 4.96. The van der Waals surface area contributed by atoms with Crippen molar-refractivity contribution in [1.29, 1.82) is 5.26 Å². The fraction of sp³-hybridized carbons (Fsp3) is 0.276. The first kappa shape index (κ1) is 24.6. The summed E-state index contributed by atoms with van der Waals surface area (Å²) < 4.78 is 21.1. The molecule has 1 atom stereocenters. The van der Waals surface area contributed by atoms with Gasteiger partial charge in [-0.2, -0.15) is 10.4 Å². The van der Waals surface area contributed by atoms with Gasteiger partial charge in [-0.3, -0.25) is 4.79 Å². The smallest absolute Gasteiger partial charge is 0.264 e. The van der Waals surface area contributed by atoms with Crippen LogP contribution in [-0.2, 0) is 4.79 Å². The summed E-state index contributed by atoms with van der Waals surface area (Å²) in [6.07, 6.45) is 6.86. The Bertz CT molecular complexity index is 1620. The number of allylic oxidation sites excluding steroid dienone is 1. The van der Waals surface area contributed by atoms with Gasteiger partial charge in [-0.15, -0.1) is 0 Å². The first-order chi connectivity index (χ1) is 19.0. The molecule has 0 radical (unpaired) electrons. The lowest BCUT2D eigenvalue weighted by atomic mass is 10.0. The van der Waals surface area contributed by atoms with Crippen molar-refractivity contribution < 1.29 is 13.9 Å². The van der Waals surface area contributed by atoms with E-state index in [2.05, 4.69) is 16.0 Å². The average Bonchev–Trinajstić information content (AvgIpc) is 3.69. The molecule has 1 saturated heterocycles. The highest BCUT2D eigenvalue weighted by Crippen LogP contribution is 2.35. The number of amides is 1. The van der Waals surface area contributed by atoms with Crippen LogP contribution < -0.4 is 10.5 Å². The van der Waals surface area contributed by atoms with E-state index in [1.165, 1.54) is 18.5 Å². The van der Waals surface area contributed by atoms with Gasteiger partial charge in [0.15, 0.2) is 5.65 Å². The van der Waals surface area contributed by atoms with E-state index in [1.54, 1.807) is 29.2 Å². The van der Waals surface area contributed by atoms with Gasteiger partial charge < -0.3 is 15.4 Å². The third-order valence-electron chi connectivity index (χ3n) is 7.08. The number of piperidine rings is 1. The highest BCUT2D eigenvalue weighted by molar-refractivity contribution is 5.99. The van der Waals surface area contributed by atoms with Crippen molar-refractivity contribution in [3.63, 3.8) is 0 Å². The Morgan fingerprint density at radius 2 is 1.95 bits per heavy atom. The van der Waals surface area contributed by atoms with Crippen molar-refractivity contribution in [3.8, 4) is 28.8 Å². The predicted molar refractivity (Wildman–Crippen MR) is 143 cm³/mol. The molecule has 1 saturated carbocycles. The third kappa shape index (κ3) is 5.03. The number of hydrogen-bond donors (Lipinski definition) is 1. The van der Waals surface area contributed by atoms with Crippen LogP contribution in [0, 0.1) is 23.1 Å². The lowest BCUT2D eigenvalue weighted by molar-refractivity contribution is -0.128. The van der Waals surface area contributed by atoms with Crippen molar-refractivity contribution in [1.82, 2.24) is 24.6 Å². The Hall–Kier alpha value is -4.78. The number of carbonyl (C=O) groups excluding carboxylic acids is 1. The lowest BCUT2D eigenvalue weighted by Crippen LogP contribution is -2.41. The van der Waals surface area contributed by atoms with E-state index in [4.69, 9.17) is 15.6 Å². The summed E-state index contributed by atoms with van der Waals surface area (Å²) in [4.78, 5) is 23.5. The second-order valence-corrected chi connectivity index (χ2v) is 9.91. The number of nitrogens with zero attached hydrogens (tertiary/aromatic N) is 6. The second-order valence-electron chi connectivity index (χ2n) is 9.91. The van der Waals surface area contributed by atoms with Gasteiger partial charge >= 0.3 is 0 Å². The minimum Gasteiger partial charge on any atom is -0.457 e. The number of nitrogen functional groups attached to an aromatic ring is 1. The monoisotopic (exact) mass is 523 g/mol. The number of rotatable bonds is 6. The van der Waals surface area contributed by atoms with E-state index >= 15 is 0 Å². The van der Waals surface area contributed by atoms with E-state index in [9.17, 15) is 14.4 Å². The van der Waals surface area contributed by atoms with Crippen LogP contribution in [0.5, 0.6) is 11.5 Å². The first-order valence-electron chi connectivity index (χ1n) is 12.9. The van der Waals surface area contributed by atoms with Gasteiger partial charge in [-0.25, -0.2) is 19.0 Å². The number of nitriles is 1. The molecule has 0 bridgehead atoms. The number of ether oxygens (including phenoxy) is 1. The molecule has 4 aromatic rings. The number of likely N-dealkylation sites (tertiary alicyclic amines) is 1. The number of hydrogen-bond acceptors (Lipinski definition) is 7. The number of halogens is 1. The minimum absolute atomic E-state index is 0.135. The van der Waals surface area contributed by atoms with Crippen molar-refractivity contribution in [2.75, 3.05) is 18.8 Å². The first-order valence-corrected chi connectivity index (χ1v) is 12.9. The van der Waals surface area contributed by atoms with Crippen LogP contribution in [0.15, 0.2) is 66.5 Å². The fourth-order valence-electron chi connectivity index (χ4n) is 4.96. The summed E-state index contributed by atoms with van der Waals surface area (Å²) in [7, 11) is 0. The normalized spacial score (nSPS) is 17.7. The molecule has 10 heteroatoms. The maximum atomic E-state index is 13.5. The largest absolute Gasteiger partial charge is 0.457 e. The Labute approximate surface area is 224 Å². The molecule has 0 unspecified atom stereocenters. The van der Waals surface area contributed by atoms with Crippen LogP contribution in [0.2, 0.25) is 0 Å². The molecule has 2 aliphatic rings. The zero-order valence-electron chi connectivity index (χ0n) is 21.1. The standard InChI is InChI=1S/C29H26FN7O2/c30-21-3-1-5-24(14-21)39-23-10-8-19(9-11-23)26-25-27(32)33-17-34-28(25)37(35-26)22-4-2-12-36(16-22)29(38)20(15-31)13-18-6-7-18/h1,3,5,8-11,13-14,17-18,22H,2,4,6-7,12,16H2,(H2,32,33,34)/b20-13-/t22-/m1/s1. The summed E-state index contributed by atoms with van der Waals surface area (Å²) in [6, 6.07) is 15.2. The molecular formula is C29H26FN7O2. The molecule has 0 spiro atoms. The van der Waals surface area contributed by atoms with Crippen LogP contribution in [-0.4, -0.2) is 43.6 Å². The summed E-state index contributed by atoms with van der Waals surface area (Å²) in [5, 5.41) is 15.1. The van der Waals surface area contributed by atoms with E-state index in [0.717, 1.165) is 31.2 Å². The zero-order valence-corrected chi connectivity index (χ0v) is 21.1. The van der Waals surface area contributed by atoms with Crippen LogP contribution in [0.25, 0.3) is 22.3 Å². The number of carbonyl (C=O) groups is 1. The van der Waals surface area contributed by atoms with E-state index in [1.807, 2.05) is 22.9 Å². The Morgan fingerprint density at radius 1 is 1.13 bits per heavy atom. The van der Waals surface area contributed by atoms with Crippen molar-refractivity contribution in [3.05, 3.63) is 72.3 Å². The molecular weight excluding hydrogens is 497 g/mol. The number of nitrogens with two attached hydrogens (primary N) is 1. The summed E-state index contributed by atoms with van der Waals surface area (Å²) >= 11 is 0. The third-order valence-corrected chi connectivity index (χ3v) is 7.08. The lowest BCUT2D eigenvalue weighted by Gasteiger charge is -2.32.